The molecule has 0 spiro atoms. The smallest absolute Gasteiger partial charge is 0.257 e. The standard InChI is InChI=1S/C26H20N2O3/c1-18(29)19-6-5-7-20(14-19)21-15-22(17-27-16-21)26(30)28-23-10-12-25(13-11-23)31-24-8-3-2-4-9-24/h2-17H,1H3,(H,28,30). The molecule has 0 radical (unpaired) electrons. The van der Waals surface area contributed by atoms with Gasteiger partial charge in [-0.1, -0.05) is 36.4 Å². The Morgan fingerprint density at radius 2 is 1.45 bits per heavy atom. The number of pyridine rings is 1. The van der Waals surface area contributed by atoms with E-state index in [4.69, 9.17) is 4.74 Å². The van der Waals surface area contributed by atoms with Gasteiger partial charge in [0.1, 0.15) is 11.5 Å². The van der Waals surface area contributed by atoms with Crippen LogP contribution in [0.25, 0.3) is 11.1 Å². The van der Waals surface area contributed by atoms with Crippen molar-refractivity contribution in [2.24, 2.45) is 0 Å². The zero-order valence-corrected chi connectivity index (χ0v) is 16.9. The van der Waals surface area contributed by atoms with Gasteiger partial charge in [-0.05, 0) is 61.0 Å². The number of amides is 1. The fraction of sp³-hybridized carbons (Fsp3) is 0.0385. The quantitative estimate of drug-likeness (QED) is 0.398. The van der Waals surface area contributed by atoms with Crippen LogP contribution in [0.15, 0.2) is 97.3 Å². The van der Waals surface area contributed by atoms with E-state index in [2.05, 4.69) is 10.3 Å². The van der Waals surface area contributed by atoms with Gasteiger partial charge in [0.05, 0.1) is 5.56 Å². The predicted molar refractivity (Wildman–Crippen MR) is 121 cm³/mol. The Labute approximate surface area is 180 Å². The molecular formula is C26H20N2O3. The number of carbonyl (C=O) groups excluding carboxylic acids is 2. The minimum atomic E-state index is -0.270. The molecule has 0 aliphatic rings. The Morgan fingerprint density at radius 3 is 2.19 bits per heavy atom. The van der Waals surface area contributed by atoms with Gasteiger partial charge in [-0.3, -0.25) is 14.6 Å². The minimum absolute atomic E-state index is 0.0107. The Bertz CT molecular complexity index is 1220. The summed E-state index contributed by atoms with van der Waals surface area (Å²) in [6.07, 6.45) is 3.19. The van der Waals surface area contributed by atoms with Gasteiger partial charge >= 0.3 is 0 Å². The Balaban J connectivity index is 1.47. The van der Waals surface area contributed by atoms with Crippen molar-refractivity contribution in [2.75, 3.05) is 5.32 Å². The van der Waals surface area contributed by atoms with Gasteiger partial charge in [0, 0.05) is 29.2 Å². The van der Waals surface area contributed by atoms with Crippen LogP contribution < -0.4 is 10.1 Å². The van der Waals surface area contributed by atoms with Crippen LogP contribution in [-0.2, 0) is 0 Å². The summed E-state index contributed by atoms with van der Waals surface area (Å²) in [4.78, 5) is 28.6. The van der Waals surface area contributed by atoms with Gasteiger partial charge in [0.15, 0.2) is 5.78 Å². The van der Waals surface area contributed by atoms with E-state index in [-0.39, 0.29) is 11.7 Å². The molecule has 1 heterocycles. The molecule has 0 atom stereocenters. The third kappa shape index (κ3) is 5.03. The van der Waals surface area contributed by atoms with Gasteiger partial charge in [0.25, 0.3) is 5.91 Å². The molecule has 0 bridgehead atoms. The summed E-state index contributed by atoms with van der Waals surface area (Å²) in [6, 6.07) is 25.7. The van der Waals surface area contributed by atoms with Crippen molar-refractivity contribution in [2.45, 2.75) is 6.92 Å². The molecule has 0 saturated carbocycles. The third-order valence-corrected chi connectivity index (χ3v) is 4.69. The predicted octanol–water partition coefficient (Wildman–Crippen LogP) is 6.00. The highest BCUT2D eigenvalue weighted by Crippen LogP contribution is 2.24. The van der Waals surface area contributed by atoms with Crippen LogP contribution >= 0.6 is 0 Å². The molecular weight excluding hydrogens is 388 g/mol. The maximum atomic E-state index is 12.7. The third-order valence-electron chi connectivity index (χ3n) is 4.69. The zero-order valence-electron chi connectivity index (χ0n) is 16.9. The maximum Gasteiger partial charge on any atom is 0.257 e. The Hall–Kier alpha value is -4.25. The molecule has 0 saturated heterocycles. The summed E-state index contributed by atoms with van der Waals surface area (Å²) in [5.41, 5.74) is 3.29. The summed E-state index contributed by atoms with van der Waals surface area (Å²) in [7, 11) is 0. The van der Waals surface area contributed by atoms with Crippen LogP contribution in [0.4, 0.5) is 5.69 Å². The van der Waals surface area contributed by atoms with E-state index in [1.54, 1.807) is 48.7 Å². The van der Waals surface area contributed by atoms with E-state index < -0.39 is 0 Å². The summed E-state index contributed by atoms with van der Waals surface area (Å²) < 4.78 is 5.77. The van der Waals surface area contributed by atoms with Crippen LogP contribution in [0.1, 0.15) is 27.6 Å². The molecule has 4 aromatic rings. The first kappa shape index (κ1) is 20.0. The molecule has 1 N–H and O–H groups in total. The van der Waals surface area contributed by atoms with Crippen molar-refractivity contribution < 1.29 is 14.3 Å². The summed E-state index contributed by atoms with van der Waals surface area (Å²) >= 11 is 0. The van der Waals surface area contributed by atoms with Gasteiger partial charge in [-0.25, -0.2) is 0 Å². The maximum absolute atomic E-state index is 12.7. The largest absolute Gasteiger partial charge is 0.457 e. The highest BCUT2D eigenvalue weighted by atomic mass is 16.5. The lowest BCUT2D eigenvalue weighted by Gasteiger charge is -2.09. The molecule has 152 valence electrons. The van der Waals surface area contributed by atoms with Crippen LogP contribution in [0, 0.1) is 0 Å². The van der Waals surface area contributed by atoms with E-state index in [0.717, 1.165) is 16.9 Å². The number of carbonyl (C=O) groups is 2. The second-order valence-electron chi connectivity index (χ2n) is 6.99. The highest BCUT2D eigenvalue weighted by molar-refractivity contribution is 6.04. The van der Waals surface area contributed by atoms with Crippen molar-refractivity contribution in [1.29, 1.82) is 0 Å². The number of ether oxygens (including phenoxy) is 1. The van der Waals surface area contributed by atoms with Gasteiger partial charge < -0.3 is 10.1 Å². The fourth-order valence-electron chi connectivity index (χ4n) is 3.07. The number of rotatable bonds is 6. The van der Waals surface area contributed by atoms with Gasteiger partial charge in [-0.2, -0.15) is 0 Å². The van der Waals surface area contributed by atoms with Crippen molar-refractivity contribution >= 4 is 17.4 Å². The lowest BCUT2D eigenvalue weighted by molar-refractivity contribution is 0.101. The molecule has 5 nitrogen and oxygen atoms in total. The fourth-order valence-corrected chi connectivity index (χ4v) is 3.07. The highest BCUT2D eigenvalue weighted by Gasteiger charge is 2.10. The monoisotopic (exact) mass is 408 g/mol. The number of nitrogens with one attached hydrogen (secondary N) is 1. The van der Waals surface area contributed by atoms with Crippen LogP contribution in [0.2, 0.25) is 0 Å². The molecule has 1 amide bonds. The van der Waals surface area contributed by atoms with Crippen LogP contribution in [0.3, 0.4) is 0 Å². The average Bonchev–Trinajstić information content (AvgIpc) is 2.81. The molecule has 0 aliphatic carbocycles. The summed E-state index contributed by atoms with van der Waals surface area (Å²) in [5, 5.41) is 2.87. The summed E-state index contributed by atoms with van der Waals surface area (Å²) in [5.74, 6) is 1.14. The number of benzene rings is 3. The second-order valence-corrected chi connectivity index (χ2v) is 6.99. The lowest BCUT2D eigenvalue weighted by Crippen LogP contribution is -2.12. The number of Topliss-reactive ketones (excluding diaryl/α,β-unsaturated/α-hetero) is 1. The van der Waals surface area contributed by atoms with Gasteiger partial charge in [0.2, 0.25) is 0 Å². The van der Waals surface area contributed by atoms with E-state index in [0.29, 0.717) is 22.6 Å². The van der Waals surface area contributed by atoms with E-state index in [1.807, 2.05) is 42.5 Å². The Morgan fingerprint density at radius 1 is 0.742 bits per heavy atom. The molecule has 5 heteroatoms. The van der Waals surface area contributed by atoms with E-state index in [9.17, 15) is 9.59 Å². The number of anilines is 1. The number of nitrogens with zero attached hydrogens (tertiary/aromatic N) is 1. The number of hydrogen-bond acceptors (Lipinski definition) is 4. The number of ketones is 1. The first-order chi connectivity index (χ1) is 15.1. The molecule has 1 aromatic heterocycles. The van der Waals surface area contributed by atoms with E-state index in [1.165, 1.54) is 13.1 Å². The second kappa shape index (κ2) is 9.05. The molecule has 0 unspecified atom stereocenters. The van der Waals surface area contributed by atoms with Crippen LogP contribution in [-0.4, -0.2) is 16.7 Å². The van der Waals surface area contributed by atoms with Crippen molar-refractivity contribution in [3.05, 3.63) is 108 Å². The van der Waals surface area contributed by atoms with Crippen molar-refractivity contribution in [3.8, 4) is 22.6 Å². The minimum Gasteiger partial charge on any atom is -0.457 e. The topological polar surface area (TPSA) is 68.3 Å². The van der Waals surface area contributed by atoms with E-state index >= 15 is 0 Å². The molecule has 0 fully saturated rings. The lowest BCUT2D eigenvalue weighted by atomic mass is 10.0. The zero-order chi connectivity index (χ0) is 21.6. The first-order valence-corrected chi connectivity index (χ1v) is 9.79. The number of hydrogen-bond donors (Lipinski definition) is 1. The van der Waals surface area contributed by atoms with Crippen LogP contribution in [0.5, 0.6) is 11.5 Å². The summed E-state index contributed by atoms with van der Waals surface area (Å²) in [6.45, 7) is 1.53. The molecule has 4 rings (SSSR count). The molecule has 0 aliphatic heterocycles. The van der Waals surface area contributed by atoms with Crippen molar-refractivity contribution in [3.63, 3.8) is 0 Å². The van der Waals surface area contributed by atoms with Crippen molar-refractivity contribution in [1.82, 2.24) is 4.98 Å². The normalized spacial score (nSPS) is 10.4. The molecule has 3 aromatic carbocycles. The molecule has 31 heavy (non-hydrogen) atoms. The number of para-hydroxylation sites is 1. The first-order valence-electron chi connectivity index (χ1n) is 9.79. The number of aromatic nitrogens is 1. The average molecular weight is 408 g/mol. The van der Waals surface area contributed by atoms with Gasteiger partial charge in [-0.15, -0.1) is 0 Å². The SMILES string of the molecule is CC(=O)c1cccc(-c2cncc(C(=O)Nc3ccc(Oc4ccccc4)cc3)c2)c1. The Kier molecular flexibility index (Phi) is 5.85.